The number of fused-ring (bicyclic) bond motifs is 1. The molecule has 0 aliphatic heterocycles. The summed E-state index contributed by atoms with van der Waals surface area (Å²) in [7, 11) is -0.343. The van der Waals surface area contributed by atoms with Gasteiger partial charge in [-0.3, -0.25) is 0 Å². The van der Waals surface area contributed by atoms with E-state index in [9.17, 15) is 4.39 Å². The SMILES string of the molecule is CC(C)(Oc1cc([S+](c2ccccc2)c2ccccc2)ccc1F)C1Cc2ccccc2C1. The smallest absolute Gasteiger partial charge is 0.170 e. The van der Waals surface area contributed by atoms with E-state index in [-0.39, 0.29) is 16.7 Å². The number of hydrogen-bond acceptors (Lipinski definition) is 1. The summed E-state index contributed by atoms with van der Waals surface area (Å²) in [4.78, 5) is 3.45. The highest BCUT2D eigenvalue weighted by atomic mass is 32.2. The quantitative estimate of drug-likeness (QED) is 0.274. The van der Waals surface area contributed by atoms with E-state index in [2.05, 4.69) is 86.6 Å². The minimum atomic E-state index is -0.489. The summed E-state index contributed by atoms with van der Waals surface area (Å²) in [5.74, 6) is 0.323. The van der Waals surface area contributed by atoms with Crippen LogP contribution < -0.4 is 4.74 Å². The Morgan fingerprint density at radius 3 is 1.76 bits per heavy atom. The maximum atomic E-state index is 15.0. The van der Waals surface area contributed by atoms with Crippen molar-refractivity contribution < 1.29 is 9.13 Å². The van der Waals surface area contributed by atoms with Crippen molar-refractivity contribution in [3.63, 3.8) is 0 Å². The van der Waals surface area contributed by atoms with Crippen molar-refractivity contribution in [2.75, 3.05) is 0 Å². The molecule has 0 heterocycles. The fourth-order valence-corrected chi connectivity index (χ4v) is 6.73. The number of benzene rings is 4. The fourth-order valence-electron chi connectivity index (χ4n) is 4.63. The molecule has 33 heavy (non-hydrogen) atoms. The van der Waals surface area contributed by atoms with Crippen LogP contribution in [0.1, 0.15) is 25.0 Å². The Kier molecular flexibility index (Phi) is 5.99. The zero-order valence-corrected chi connectivity index (χ0v) is 19.8. The van der Waals surface area contributed by atoms with Crippen LogP contribution in [0, 0.1) is 11.7 Å². The molecule has 0 saturated heterocycles. The van der Waals surface area contributed by atoms with Gasteiger partial charge in [-0.2, -0.15) is 0 Å². The van der Waals surface area contributed by atoms with Crippen LogP contribution in [0.4, 0.5) is 4.39 Å². The number of halogens is 1. The van der Waals surface area contributed by atoms with Crippen LogP contribution in [-0.2, 0) is 23.7 Å². The minimum Gasteiger partial charge on any atom is -0.484 e. The standard InChI is InChI=1S/C30H28FOS/c1-30(2,24-19-22-11-9-10-12-23(22)20-24)32-29-21-27(17-18-28(29)31)33(25-13-5-3-6-14-25)26-15-7-4-8-16-26/h3-18,21,24H,19-20H2,1-2H3/q+1. The lowest BCUT2D eigenvalue weighted by atomic mass is 9.88. The predicted molar refractivity (Wildman–Crippen MR) is 133 cm³/mol. The van der Waals surface area contributed by atoms with Crippen LogP contribution in [0.3, 0.4) is 0 Å². The third kappa shape index (κ3) is 4.56. The van der Waals surface area contributed by atoms with E-state index in [1.54, 1.807) is 6.07 Å². The van der Waals surface area contributed by atoms with E-state index < -0.39 is 5.60 Å². The van der Waals surface area contributed by atoms with E-state index in [1.165, 1.54) is 20.9 Å². The van der Waals surface area contributed by atoms with Crippen LogP contribution in [0.5, 0.6) is 5.75 Å². The molecule has 1 nitrogen and oxygen atoms in total. The molecule has 0 amide bonds. The first-order chi connectivity index (χ1) is 16.0. The molecule has 0 unspecified atom stereocenters. The highest BCUT2D eigenvalue weighted by Crippen LogP contribution is 2.39. The zero-order chi connectivity index (χ0) is 22.8. The lowest BCUT2D eigenvalue weighted by Crippen LogP contribution is -2.38. The van der Waals surface area contributed by atoms with E-state index in [1.807, 2.05) is 24.3 Å². The van der Waals surface area contributed by atoms with Gasteiger partial charge in [-0.05, 0) is 74.2 Å². The Morgan fingerprint density at radius 2 is 1.21 bits per heavy atom. The van der Waals surface area contributed by atoms with Crippen molar-refractivity contribution in [1.82, 2.24) is 0 Å². The summed E-state index contributed by atoms with van der Waals surface area (Å²) in [6.45, 7) is 4.17. The van der Waals surface area contributed by atoms with Crippen LogP contribution in [-0.4, -0.2) is 5.60 Å². The Morgan fingerprint density at radius 1 is 0.697 bits per heavy atom. The van der Waals surface area contributed by atoms with Crippen molar-refractivity contribution in [1.29, 1.82) is 0 Å². The Bertz CT molecular complexity index is 1170. The number of ether oxygens (including phenoxy) is 1. The molecular formula is C30H28FOS+. The Labute approximate surface area is 198 Å². The van der Waals surface area contributed by atoms with Crippen LogP contribution in [0.2, 0.25) is 0 Å². The monoisotopic (exact) mass is 455 g/mol. The predicted octanol–water partition coefficient (Wildman–Crippen LogP) is 7.49. The van der Waals surface area contributed by atoms with Crippen LogP contribution in [0.15, 0.2) is 118 Å². The van der Waals surface area contributed by atoms with Gasteiger partial charge in [0.15, 0.2) is 26.3 Å². The van der Waals surface area contributed by atoms with Crippen molar-refractivity contribution in [3.8, 4) is 5.75 Å². The first-order valence-electron chi connectivity index (χ1n) is 11.4. The maximum Gasteiger partial charge on any atom is 0.170 e. The van der Waals surface area contributed by atoms with Crippen molar-refractivity contribution >= 4 is 10.9 Å². The molecule has 4 aromatic carbocycles. The van der Waals surface area contributed by atoms with Crippen molar-refractivity contribution in [2.24, 2.45) is 5.92 Å². The first-order valence-corrected chi connectivity index (χ1v) is 12.6. The van der Waals surface area contributed by atoms with E-state index >= 15 is 0 Å². The molecule has 0 bridgehead atoms. The molecule has 1 aliphatic rings. The third-order valence-corrected chi connectivity index (χ3v) is 8.72. The topological polar surface area (TPSA) is 9.23 Å². The lowest BCUT2D eigenvalue weighted by molar-refractivity contribution is 0.0438. The van der Waals surface area contributed by atoms with Gasteiger partial charge in [0, 0.05) is 12.0 Å². The van der Waals surface area contributed by atoms with Crippen molar-refractivity contribution in [3.05, 3.63) is 120 Å². The first kappa shape index (κ1) is 21.8. The molecule has 0 atom stereocenters. The molecule has 4 aromatic rings. The second kappa shape index (κ2) is 9.07. The van der Waals surface area contributed by atoms with Gasteiger partial charge >= 0.3 is 0 Å². The largest absolute Gasteiger partial charge is 0.484 e. The van der Waals surface area contributed by atoms with Crippen LogP contribution in [0.25, 0.3) is 0 Å². The van der Waals surface area contributed by atoms with Gasteiger partial charge in [0.25, 0.3) is 0 Å². The highest BCUT2D eigenvalue weighted by molar-refractivity contribution is 7.97. The molecule has 0 saturated carbocycles. The summed E-state index contributed by atoms with van der Waals surface area (Å²) in [5.41, 5.74) is 2.27. The number of rotatable bonds is 6. The molecule has 3 heteroatoms. The third-order valence-electron chi connectivity index (χ3n) is 6.50. The van der Waals surface area contributed by atoms with Gasteiger partial charge in [-0.25, -0.2) is 4.39 Å². The van der Waals surface area contributed by atoms with E-state index in [0.717, 1.165) is 17.7 Å². The van der Waals surface area contributed by atoms with Gasteiger partial charge in [-0.1, -0.05) is 60.7 Å². The molecule has 0 radical (unpaired) electrons. The summed E-state index contributed by atoms with van der Waals surface area (Å²) in [6.07, 6.45) is 1.92. The van der Waals surface area contributed by atoms with E-state index in [0.29, 0.717) is 11.7 Å². The molecule has 166 valence electrons. The number of hydrogen-bond donors (Lipinski definition) is 0. The Balaban J connectivity index is 1.47. The van der Waals surface area contributed by atoms with Crippen molar-refractivity contribution in [2.45, 2.75) is 47.0 Å². The molecule has 0 aromatic heterocycles. The van der Waals surface area contributed by atoms with Gasteiger partial charge < -0.3 is 4.74 Å². The highest BCUT2D eigenvalue weighted by Gasteiger charge is 2.37. The zero-order valence-electron chi connectivity index (χ0n) is 19.0. The summed E-state index contributed by atoms with van der Waals surface area (Å²) >= 11 is 0. The maximum absolute atomic E-state index is 15.0. The summed E-state index contributed by atoms with van der Waals surface area (Å²) in [6, 6.07) is 34.7. The Hall–Kier alpha value is -3.04. The second-order valence-corrected chi connectivity index (χ2v) is 11.1. The molecular weight excluding hydrogens is 427 g/mol. The molecule has 0 fully saturated rings. The summed E-state index contributed by atoms with van der Waals surface area (Å²) in [5, 5.41) is 0. The second-order valence-electron chi connectivity index (χ2n) is 9.10. The fraction of sp³-hybridized carbons (Fsp3) is 0.200. The van der Waals surface area contributed by atoms with E-state index in [4.69, 9.17) is 4.74 Å². The molecule has 1 aliphatic carbocycles. The lowest BCUT2D eigenvalue weighted by Gasteiger charge is -2.32. The van der Waals surface area contributed by atoms with Crippen LogP contribution >= 0.6 is 0 Å². The molecule has 0 spiro atoms. The van der Waals surface area contributed by atoms with Gasteiger partial charge in [0.05, 0.1) is 10.9 Å². The minimum absolute atomic E-state index is 0.305. The van der Waals surface area contributed by atoms with Gasteiger partial charge in [-0.15, -0.1) is 0 Å². The normalized spacial score (nSPS) is 13.8. The molecule has 5 rings (SSSR count). The average molecular weight is 456 g/mol. The van der Waals surface area contributed by atoms with Gasteiger partial charge in [0.2, 0.25) is 0 Å². The van der Waals surface area contributed by atoms with Gasteiger partial charge in [0.1, 0.15) is 5.60 Å². The average Bonchev–Trinajstić information content (AvgIpc) is 3.28. The summed E-state index contributed by atoms with van der Waals surface area (Å²) < 4.78 is 21.4. The molecule has 0 N–H and O–H groups in total.